The SMILES string of the molecule is CCCc1c(OCC/C=C\C=C\[C@@H](c2c(C(=O)O)oc3c(c2=O)=CCC(=S)C=3)[C@@H](O)c2cccc(F)c2)ccc(C(C)=O)c1O. The first-order chi connectivity index (χ1) is 21.5. The van der Waals surface area contributed by atoms with Gasteiger partial charge in [0.1, 0.15) is 22.7 Å². The van der Waals surface area contributed by atoms with Crippen molar-refractivity contribution in [3.63, 3.8) is 0 Å². The van der Waals surface area contributed by atoms with Crippen LogP contribution in [-0.2, 0) is 6.42 Å². The summed E-state index contributed by atoms with van der Waals surface area (Å²) >= 11 is 5.18. The number of ketones is 1. The van der Waals surface area contributed by atoms with E-state index in [-0.39, 0.29) is 45.5 Å². The fraction of sp³-hybridized carbons (Fsp3) is 0.257. The standard InChI is InChI=1S/C35H33FO8S/c1-3-9-25-28(16-15-24(20(2)37)32(25)39)43-17-7-5-4-6-12-27(31(38)21-10-8-11-22(36)18-21)30-33(40)26-14-13-23(45)19-29(26)44-34(30)35(41)42/h4-6,8,10-12,14-16,18-19,27,31,38-39H,3,7,9,13,17H2,1-2H3,(H,41,42)/b5-4-,12-6+/t27-,31-/m0/s1. The van der Waals surface area contributed by atoms with Crippen molar-refractivity contribution < 1.29 is 38.5 Å². The van der Waals surface area contributed by atoms with Gasteiger partial charge in [0.05, 0.1) is 29.1 Å². The van der Waals surface area contributed by atoms with Crippen molar-refractivity contribution in [3.8, 4) is 11.5 Å². The van der Waals surface area contributed by atoms with Gasteiger partial charge in [-0.05, 0) is 55.7 Å². The van der Waals surface area contributed by atoms with Gasteiger partial charge in [-0.1, -0.05) is 68.1 Å². The molecule has 2 atom stereocenters. The van der Waals surface area contributed by atoms with Crippen molar-refractivity contribution >= 4 is 41.0 Å². The third-order valence-electron chi connectivity index (χ3n) is 7.30. The highest BCUT2D eigenvalue weighted by atomic mass is 32.1. The highest BCUT2D eigenvalue weighted by molar-refractivity contribution is 7.81. The largest absolute Gasteiger partial charge is 0.507 e. The van der Waals surface area contributed by atoms with E-state index >= 15 is 0 Å². The first-order valence-corrected chi connectivity index (χ1v) is 14.8. The molecule has 0 unspecified atom stereocenters. The molecule has 3 aromatic rings. The van der Waals surface area contributed by atoms with Crippen molar-refractivity contribution in [2.24, 2.45) is 0 Å². The zero-order valence-electron chi connectivity index (χ0n) is 24.8. The molecule has 1 aliphatic rings. The van der Waals surface area contributed by atoms with Gasteiger partial charge >= 0.3 is 5.97 Å². The van der Waals surface area contributed by atoms with Crippen molar-refractivity contribution in [3.05, 3.63) is 115 Å². The second-order valence-electron chi connectivity index (χ2n) is 10.5. The van der Waals surface area contributed by atoms with Crippen LogP contribution in [0.25, 0.3) is 12.2 Å². The molecule has 3 N–H and O–H groups in total. The van der Waals surface area contributed by atoms with E-state index in [0.717, 1.165) is 12.5 Å². The maximum Gasteiger partial charge on any atom is 0.372 e. The number of fused-ring (bicyclic) bond motifs is 1. The molecule has 1 heterocycles. The monoisotopic (exact) mass is 632 g/mol. The summed E-state index contributed by atoms with van der Waals surface area (Å²) < 4.78 is 25.6. The van der Waals surface area contributed by atoms with Crippen LogP contribution in [0.2, 0.25) is 0 Å². The Morgan fingerprint density at radius 2 is 1.98 bits per heavy atom. The maximum absolute atomic E-state index is 14.1. The van der Waals surface area contributed by atoms with Gasteiger partial charge in [-0.25, -0.2) is 9.18 Å². The van der Waals surface area contributed by atoms with Crippen LogP contribution in [0.5, 0.6) is 11.5 Å². The average Bonchev–Trinajstić information content (AvgIpc) is 2.99. The smallest absolute Gasteiger partial charge is 0.372 e. The second-order valence-corrected chi connectivity index (χ2v) is 11.0. The van der Waals surface area contributed by atoms with E-state index in [2.05, 4.69) is 0 Å². The Morgan fingerprint density at radius 3 is 2.67 bits per heavy atom. The Labute approximate surface area is 264 Å². The lowest BCUT2D eigenvalue weighted by atomic mass is 9.87. The molecule has 0 amide bonds. The number of hydrogen-bond donors (Lipinski definition) is 3. The third-order valence-corrected chi connectivity index (χ3v) is 7.58. The van der Waals surface area contributed by atoms with E-state index in [1.165, 1.54) is 43.3 Å². The average molecular weight is 633 g/mol. The summed E-state index contributed by atoms with van der Waals surface area (Å²) in [5.41, 5.74) is 0.0839. The lowest BCUT2D eigenvalue weighted by Gasteiger charge is -2.21. The highest BCUT2D eigenvalue weighted by Crippen LogP contribution is 2.34. The summed E-state index contributed by atoms with van der Waals surface area (Å²) in [5.74, 6) is -3.79. The predicted molar refractivity (Wildman–Crippen MR) is 172 cm³/mol. The van der Waals surface area contributed by atoms with Gasteiger partial charge in [-0.2, -0.15) is 0 Å². The van der Waals surface area contributed by atoms with Gasteiger partial charge in [0.15, 0.2) is 11.2 Å². The number of aliphatic hydroxyl groups excluding tert-OH is 1. The molecule has 0 saturated carbocycles. The quantitative estimate of drug-likeness (QED) is 0.102. The zero-order valence-corrected chi connectivity index (χ0v) is 25.6. The number of allylic oxidation sites excluding steroid dienone is 2. The summed E-state index contributed by atoms with van der Waals surface area (Å²) in [7, 11) is 0. The number of carbonyl (C=O) groups excluding carboxylic acids is 1. The fourth-order valence-electron chi connectivity index (χ4n) is 5.13. The molecule has 1 aliphatic carbocycles. The number of Topliss-reactive ketones (excluding diaryl/α,β-unsaturated/α-hetero) is 1. The molecule has 0 spiro atoms. The minimum atomic E-state index is -1.50. The van der Waals surface area contributed by atoms with E-state index < -0.39 is 35.0 Å². The number of carbonyl (C=O) groups is 2. The molecule has 0 fully saturated rings. The van der Waals surface area contributed by atoms with Crippen molar-refractivity contribution in [1.29, 1.82) is 0 Å². The number of rotatable bonds is 13. The topological polar surface area (TPSA) is 134 Å². The van der Waals surface area contributed by atoms with Gasteiger partial charge in [0.25, 0.3) is 0 Å². The molecule has 0 bridgehead atoms. The maximum atomic E-state index is 14.1. The number of aliphatic hydroxyl groups is 1. The van der Waals surface area contributed by atoms with Gasteiger partial charge in [-0.15, -0.1) is 0 Å². The fourth-order valence-corrected chi connectivity index (χ4v) is 5.32. The molecule has 1 aromatic heterocycles. The van der Waals surface area contributed by atoms with E-state index in [4.69, 9.17) is 21.4 Å². The Kier molecular flexibility index (Phi) is 11.0. The van der Waals surface area contributed by atoms with Crippen LogP contribution in [0.15, 0.2) is 69.9 Å². The highest BCUT2D eigenvalue weighted by Gasteiger charge is 2.31. The summed E-state index contributed by atoms with van der Waals surface area (Å²) in [6.07, 6.45) is 9.97. The molecule has 0 aliphatic heterocycles. The van der Waals surface area contributed by atoms with Crippen LogP contribution in [0.1, 0.15) is 82.7 Å². The van der Waals surface area contributed by atoms with Gasteiger partial charge in [0, 0.05) is 22.8 Å². The van der Waals surface area contributed by atoms with E-state index in [1.54, 1.807) is 30.4 Å². The number of aromatic hydroxyl groups is 1. The van der Waals surface area contributed by atoms with Crippen LogP contribution in [0, 0.1) is 5.82 Å². The Bertz CT molecular complexity index is 1870. The lowest BCUT2D eigenvalue weighted by Crippen LogP contribution is -2.45. The van der Waals surface area contributed by atoms with Crippen LogP contribution >= 0.6 is 12.2 Å². The first-order valence-electron chi connectivity index (χ1n) is 14.4. The summed E-state index contributed by atoms with van der Waals surface area (Å²) in [4.78, 5) is 38.2. The molecule has 4 rings (SSSR count). The Hall–Kier alpha value is -4.67. The second kappa shape index (κ2) is 14.9. The molecular weight excluding hydrogens is 599 g/mol. The van der Waals surface area contributed by atoms with Crippen LogP contribution in [0.3, 0.4) is 0 Å². The Balaban J connectivity index is 1.61. The third kappa shape index (κ3) is 7.71. The number of hydrogen-bond acceptors (Lipinski definition) is 8. The first kappa shape index (κ1) is 33.2. The summed E-state index contributed by atoms with van der Waals surface area (Å²) in [6, 6.07) is 8.40. The van der Waals surface area contributed by atoms with Crippen LogP contribution in [0.4, 0.5) is 4.39 Å². The summed E-state index contributed by atoms with van der Waals surface area (Å²) in [5, 5.41) is 32.0. The normalized spacial score (nSPS) is 14.1. The molecule has 45 heavy (non-hydrogen) atoms. The number of ether oxygens (including phenoxy) is 1. The van der Waals surface area contributed by atoms with Crippen molar-refractivity contribution in [2.45, 2.75) is 51.6 Å². The number of aromatic carboxylic acids is 1. The number of phenols is 1. The number of halogens is 1. The van der Waals surface area contributed by atoms with Crippen molar-refractivity contribution in [2.75, 3.05) is 6.61 Å². The lowest BCUT2D eigenvalue weighted by molar-refractivity contribution is 0.0650. The molecule has 8 nitrogen and oxygen atoms in total. The van der Waals surface area contributed by atoms with Crippen LogP contribution in [-0.4, -0.2) is 38.5 Å². The number of carboxylic acids is 1. The molecule has 2 aromatic carbocycles. The number of phenolic OH excluding ortho intramolecular Hbond substituents is 1. The summed E-state index contributed by atoms with van der Waals surface area (Å²) in [6.45, 7) is 3.59. The Morgan fingerprint density at radius 1 is 1.20 bits per heavy atom. The number of benzene rings is 2. The molecule has 10 heteroatoms. The molecule has 0 radical (unpaired) electrons. The van der Waals surface area contributed by atoms with E-state index in [0.29, 0.717) is 35.4 Å². The zero-order chi connectivity index (χ0) is 32.7. The predicted octanol–water partition coefficient (Wildman–Crippen LogP) is 5.07. The van der Waals surface area contributed by atoms with Gasteiger partial charge in [-0.3, -0.25) is 9.59 Å². The molecule has 0 saturated heterocycles. The van der Waals surface area contributed by atoms with E-state index in [1.807, 2.05) is 6.92 Å². The minimum Gasteiger partial charge on any atom is -0.507 e. The van der Waals surface area contributed by atoms with Gasteiger partial charge < -0.3 is 24.5 Å². The number of thiocarbonyl (C=S) groups is 1. The molecular formula is C35H33FO8S. The minimum absolute atomic E-state index is 0.0339. The number of carboxylic acid groups (broad SMARTS) is 1. The van der Waals surface area contributed by atoms with E-state index in [9.17, 15) is 34.1 Å². The van der Waals surface area contributed by atoms with Crippen molar-refractivity contribution in [1.82, 2.24) is 0 Å². The molecule has 234 valence electrons. The van der Waals surface area contributed by atoms with Gasteiger partial charge in [0.2, 0.25) is 5.76 Å². The van der Waals surface area contributed by atoms with Crippen LogP contribution < -0.4 is 20.8 Å².